The quantitative estimate of drug-likeness (QED) is 0.0461. The molecule has 23 heteroatoms. The summed E-state index contributed by atoms with van der Waals surface area (Å²) >= 11 is 0. The van der Waals surface area contributed by atoms with Crippen LogP contribution in [0.25, 0.3) is 22.3 Å². The second-order valence-electron chi connectivity index (χ2n) is 15.3. The molecule has 0 heterocycles. The predicted molar refractivity (Wildman–Crippen MR) is 250 cm³/mol. The Hall–Kier alpha value is -5.52. The molecular formula is C48H45F12N3O5PPdS-. The number of rotatable bonds is 10. The van der Waals surface area contributed by atoms with Gasteiger partial charge in [0.05, 0.1) is 42.7 Å². The number of nitrogens with one attached hydrogen (secondary N) is 1. The third-order valence-corrected chi connectivity index (χ3v) is 12.3. The van der Waals surface area contributed by atoms with Crippen LogP contribution >= 0.6 is 7.92 Å². The van der Waals surface area contributed by atoms with Crippen molar-refractivity contribution >= 4 is 51.0 Å². The first-order valence-electron chi connectivity index (χ1n) is 20.1. The van der Waals surface area contributed by atoms with E-state index in [9.17, 15) is 61.1 Å². The fraction of sp³-hybridized carbons (Fsp3) is 0.250. The number of halogens is 12. The van der Waals surface area contributed by atoms with Gasteiger partial charge < -0.3 is 24.6 Å². The molecule has 2 N–H and O–H groups in total. The smallest absolute Gasteiger partial charge is 0.416 e. The zero-order valence-electron chi connectivity index (χ0n) is 38.7. The third kappa shape index (κ3) is 15.7. The minimum Gasteiger partial charge on any atom is -0.496 e. The van der Waals surface area contributed by atoms with Crippen molar-refractivity contribution in [1.82, 2.24) is 0 Å². The summed E-state index contributed by atoms with van der Waals surface area (Å²) in [4.78, 5) is 3.23. The molecule has 0 spiro atoms. The monoisotopic (exact) mass is 1140 g/mol. The van der Waals surface area contributed by atoms with Gasteiger partial charge in [-0.25, -0.2) is 0 Å². The van der Waals surface area contributed by atoms with Crippen LogP contribution in [0, 0.1) is 6.07 Å². The summed E-state index contributed by atoms with van der Waals surface area (Å²) in [6, 6.07) is 27.7. The molecule has 0 radical (unpaired) electrons. The van der Waals surface area contributed by atoms with Gasteiger partial charge in [-0.3, -0.25) is 4.55 Å². The first-order chi connectivity index (χ1) is 32.3. The van der Waals surface area contributed by atoms with E-state index in [0.29, 0.717) is 41.9 Å². The number of alkyl halides is 12. The summed E-state index contributed by atoms with van der Waals surface area (Å²) in [6.45, 7) is 0. The second kappa shape index (κ2) is 23.8. The van der Waals surface area contributed by atoms with Crippen LogP contribution in [0.4, 0.5) is 69.7 Å². The first-order valence-corrected chi connectivity index (χ1v) is 23.3. The Morgan fingerprint density at radius 1 is 0.577 bits per heavy atom. The largest absolute Gasteiger partial charge is 0.496 e. The minimum atomic E-state index is -5.40. The molecular weight excluding hydrogens is 1100 g/mol. The number of nitrogens with zero attached hydrogens (tertiary/aromatic N) is 2. The zero-order valence-corrected chi connectivity index (χ0v) is 41.9. The van der Waals surface area contributed by atoms with E-state index in [1.807, 2.05) is 37.4 Å². The number of anilines is 3. The predicted octanol–water partition coefficient (Wildman–Crippen LogP) is 12.0. The van der Waals surface area contributed by atoms with Gasteiger partial charge in [0, 0.05) is 83.5 Å². The topological polar surface area (TPSA) is 91.3 Å². The van der Waals surface area contributed by atoms with Crippen molar-refractivity contribution in [3.05, 3.63) is 144 Å². The van der Waals surface area contributed by atoms with Crippen LogP contribution in [0.5, 0.6) is 11.5 Å². The summed E-state index contributed by atoms with van der Waals surface area (Å²) in [6.07, 6.45) is -20.9. The average Bonchev–Trinajstić information content (AvgIpc) is 3.27. The summed E-state index contributed by atoms with van der Waals surface area (Å²) < 4.78 is 208. The zero-order chi connectivity index (χ0) is 52.7. The SMILES string of the molecule is CNc1ccccc1-c1[c-]cccc1.COc1ccc(OC)c(P(c2cc(C(F)(F)F)cc(C(F)(F)F)c2)c2cc(C(F)(F)F)cc(C(F)(F)F)c2)c1-c1c(N(C)C)cccc1N(C)C.CS(=O)(=O)O.[Pd]. The number of para-hydroxylation sites is 1. The molecule has 388 valence electrons. The summed E-state index contributed by atoms with van der Waals surface area (Å²) in [5.74, 6) is -0.311. The van der Waals surface area contributed by atoms with Crippen molar-refractivity contribution in [3.8, 4) is 33.8 Å². The van der Waals surface area contributed by atoms with Gasteiger partial charge in [-0.1, -0.05) is 29.8 Å². The molecule has 0 bridgehead atoms. The van der Waals surface area contributed by atoms with E-state index < -0.39 is 75.6 Å². The average molecular weight is 1140 g/mol. The van der Waals surface area contributed by atoms with E-state index in [2.05, 4.69) is 29.6 Å². The number of benzene rings is 6. The minimum absolute atomic E-state index is 0. The Bertz CT molecular complexity index is 2690. The molecule has 0 fully saturated rings. The third-order valence-electron chi connectivity index (χ3n) is 9.86. The van der Waals surface area contributed by atoms with E-state index in [-0.39, 0.29) is 60.5 Å². The molecule has 6 rings (SSSR count). The van der Waals surface area contributed by atoms with Crippen LogP contribution in [0.3, 0.4) is 0 Å². The Kier molecular flexibility index (Phi) is 20.0. The van der Waals surface area contributed by atoms with Gasteiger partial charge in [0.25, 0.3) is 10.1 Å². The molecule has 6 aromatic rings. The Morgan fingerprint density at radius 3 is 1.32 bits per heavy atom. The van der Waals surface area contributed by atoms with E-state index in [1.165, 1.54) is 24.8 Å². The van der Waals surface area contributed by atoms with Gasteiger partial charge in [-0.2, -0.15) is 61.1 Å². The van der Waals surface area contributed by atoms with E-state index in [0.717, 1.165) is 18.4 Å². The Balaban J connectivity index is 0.000000552. The molecule has 0 atom stereocenters. The van der Waals surface area contributed by atoms with Gasteiger partial charge in [0.1, 0.15) is 11.5 Å². The first kappa shape index (κ1) is 59.8. The summed E-state index contributed by atoms with van der Waals surface area (Å²) in [7, 11) is 3.85. The number of methoxy groups -OCH3 is 2. The van der Waals surface area contributed by atoms with Gasteiger partial charge in [0.15, 0.2) is 0 Å². The van der Waals surface area contributed by atoms with Crippen LogP contribution in [0.15, 0.2) is 115 Å². The molecule has 71 heavy (non-hydrogen) atoms. The molecule has 0 aliphatic carbocycles. The molecule has 0 saturated heterocycles. The molecule has 0 unspecified atom stereocenters. The van der Waals surface area contributed by atoms with Crippen molar-refractivity contribution in [2.75, 3.05) is 70.8 Å². The summed E-state index contributed by atoms with van der Waals surface area (Å²) in [5.41, 5.74) is -2.84. The van der Waals surface area contributed by atoms with Crippen LogP contribution in [0.2, 0.25) is 0 Å². The van der Waals surface area contributed by atoms with Crippen LogP contribution < -0.4 is 40.5 Å². The van der Waals surface area contributed by atoms with Gasteiger partial charge in [0.2, 0.25) is 0 Å². The Morgan fingerprint density at radius 2 is 0.972 bits per heavy atom. The molecule has 0 aromatic heterocycles. The van der Waals surface area contributed by atoms with Crippen LogP contribution in [-0.4, -0.2) is 68.7 Å². The number of hydrogen-bond donors (Lipinski definition) is 2. The standard InChI is InChI=1S/C34H29F12N2O2P.C13H12N.CH4O3S.Pd/c1-47(2)24-8-7-9-25(48(3)4)28(24)29-26(49-5)10-11-27(50-6)30(29)51(22-14-18(31(35,36)37)12-19(15-22)32(38,39)40)23-16-20(33(41,42)43)13-21(17-23)34(44,45)46;1-14-13-10-6-5-9-12(13)11-7-3-2-4-8-11;1-5(2,3)4;/h7-17H,1-6H3;2-7,9-10,14H,1H3;1H3,(H,2,3,4);/q;-1;;. The van der Waals surface area contributed by atoms with E-state index >= 15 is 0 Å². The van der Waals surface area contributed by atoms with Crippen LogP contribution in [-0.2, 0) is 55.2 Å². The maximum atomic E-state index is 14.2. The maximum Gasteiger partial charge on any atom is 0.416 e. The molecule has 0 aliphatic heterocycles. The van der Waals surface area contributed by atoms with Crippen molar-refractivity contribution in [1.29, 1.82) is 0 Å². The van der Waals surface area contributed by atoms with Crippen molar-refractivity contribution in [2.45, 2.75) is 24.7 Å². The van der Waals surface area contributed by atoms with Crippen molar-refractivity contribution in [3.63, 3.8) is 0 Å². The fourth-order valence-corrected chi connectivity index (χ4v) is 9.64. The Labute approximate surface area is 417 Å². The molecule has 0 aliphatic rings. The van der Waals surface area contributed by atoms with Gasteiger partial charge in [-0.05, 0) is 90.9 Å². The summed E-state index contributed by atoms with van der Waals surface area (Å²) in [5, 5.41) is 1.15. The van der Waals surface area contributed by atoms with E-state index in [4.69, 9.17) is 14.0 Å². The van der Waals surface area contributed by atoms with Crippen LogP contribution in [0.1, 0.15) is 22.3 Å². The van der Waals surface area contributed by atoms with Crippen molar-refractivity contribution in [2.24, 2.45) is 0 Å². The van der Waals surface area contributed by atoms with Crippen molar-refractivity contribution < 1.29 is 95.6 Å². The number of hydrogen-bond acceptors (Lipinski definition) is 7. The molecule has 0 saturated carbocycles. The maximum absolute atomic E-state index is 14.2. The normalized spacial score (nSPS) is 11.9. The molecule has 0 amide bonds. The molecule has 6 aromatic carbocycles. The second-order valence-corrected chi connectivity index (χ2v) is 18.9. The van der Waals surface area contributed by atoms with E-state index in [1.54, 1.807) is 56.2 Å². The molecule has 8 nitrogen and oxygen atoms in total. The van der Waals surface area contributed by atoms with Gasteiger partial charge in [-0.15, -0.1) is 35.9 Å². The number of ether oxygens (including phenoxy) is 2. The van der Waals surface area contributed by atoms with Gasteiger partial charge >= 0.3 is 24.7 Å². The fourth-order valence-electron chi connectivity index (χ4n) is 6.92.